The number of hydrogen-bond donors (Lipinski definition) is 2. The normalized spacial score (nSPS) is 15.4. The first kappa shape index (κ1) is 18.9. The van der Waals surface area contributed by atoms with Crippen molar-refractivity contribution in [3.8, 4) is 11.8 Å². The number of hydrogen-bond acceptors (Lipinski definition) is 5. The minimum atomic E-state index is -0.833. The number of ether oxygens (including phenoxy) is 1. The molecule has 1 unspecified atom stereocenters. The van der Waals surface area contributed by atoms with Crippen LogP contribution in [-0.4, -0.2) is 18.4 Å². The molecule has 0 aliphatic carbocycles. The van der Waals surface area contributed by atoms with Crippen molar-refractivity contribution in [2.45, 2.75) is 12.8 Å². The summed E-state index contributed by atoms with van der Waals surface area (Å²) in [6, 6.07) is 14.2. The molecular formula is C21H16FN3O3. The summed E-state index contributed by atoms with van der Waals surface area (Å²) in [5, 5.41) is 14.7. The van der Waals surface area contributed by atoms with Crippen LogP contribution in [0.5, 0.6) is 5.75 Å². The van der Waals surface area contributed by atoms with Gasteiger partial charge < -0.3 is 15.4 Å². The van der Waals surface area contributed by atoms with Crippen molar-refractivity contribution in [1.29, 1.82) is 5.26 Å². The lowest BCUT2D eigenvalue weighted by Crippen LogP contribution is -2.41. The minimum absolute atomic E-state index is 0.216. The Labute approximate surface area is 160 Å². The maximum atomic E-state index is 13.1. The molecule has 0 bridgehead atoms. The third-order valence-electron chi connectivity index (χ3n) is 4.01. The fourth-order valence-corrected chi connectivity index (χ4v) is 2.53. The Bertz CT molecular complexity index is 973. The van der Waals surface area contributed by atoms with E-state index in [1.807, 2.05) is 6.07 Å². The number of allylic oxidation sites excluding steroid dienone is 2. The number of dihydropyridines is 1. The van der Waals surface area contributed by atoms with Gasteiger partial charge in [-0.05, 0) is 35.9 Å². The average molecular weight is 377 g/mol. The van der Waals surface area contributed by atoms with Gasteiger partial charge >= 0.3 is 0 Å². The molecule has 7 heteroatoms. The van der Waals surface area contributed by atoms with E-state index in [9.17, 15) is 14.0 Å². The van der Waals surface area contributed by atoms with Gasteiger partial charge in [0.15, 0.2) is 0 Å². The first-order valence-electron chi connectivity index (χ1n) is 8.41. The highest BCUT2D eigenvalue weighted by Crippen LogP contribution is 2.19. The molecule has 6 nitrogen and oxygen atoms in total. The van der Waals surface area contributed by atoms with Gasteiger partial charge in [0.05, 0.1) is 11.1 Å². The molecular weight excluding hydrogens is 361 g/mol. The first-order valence-corrected chi connectivity index (χ1v) is 8.41. The quantitative estimate of drug-likeness (QED) is 0.755. The smallest absolute Gasteiger partial charge is 0.253 e. The van der Waals surface area contributed by atoms with Crippen molar-refractivity contribution in [3.63, 3.8) is 0 Å². The molecule has 0 radical (unpaired) electrons. The zero-order chi connectivity index (χ0) is 19.9. The molecule has 28 heavy (non-hydrogen) atoms. The van der Waals surface area contributed by atoms with E-state index in [1.54, 1.807) is 24.3 Å². The second-order valence-corrected chi connectivity index (χ2v) is 5.97. The van der Waals surface area contributed by atoms with Gasteiger partial charge in [-0.2, -0.15) is 5.26 Å². The summed E-state index contributed by atoms with van der Waals surface area (Å²) < 4.78 is 18.8. The van der Waals surface area contributed by atoms with Crippen LogP contribution < -0.4 is 15.4 Å². The van der Waals surface area contributed by atoms with Gasteiger partial charge in [-0.25, -0.2) is 4.39 Å². The van der Waals surface area contributed by atoms with Crippen LogP contribution in [0.15, 0.2) is 72.0 Å². The van der Waals surface area contributed by atoms with E-state index in [0.29, 0.717) is 11.3 Å². The highest BCUT2D eigenvalue weighted by molar-refractivity contribution is 5.95. The Morgan fingerprint density at radius 3 is 2.57 bits per heavy atom. The number of nitrogens with one attached hydrogen (secondary N) is 2. The summed E-state index contributed by atoms with van der Waals surface area (Å²) >= 11 is 0. The number of amides is 1. The lowest BCUT2D eigenvalue weighted by atomic mass is 10.1. The second-order valence-electron chi connectivity index (χ2n) is 5.97. The largest absolute Gasteiger partial charge is 0.466 e. The highest BCUT2D eigenvalue weighted by atomic mass is 19.1. The monoisotopic (exact) mass is 377 g/mol. The van der Waals surface area contributed by atoms with Crippen molar-refractivity contribution < 1.29 is 18.7 Å². The molecule has 2 aromatic carbocycles. The fraction of sp³-hybridized carbons (Fsp3) is 0.0952. The number of halogens is 1. The molecule has 0 spiro atoms. The summed E-state index contributed by atoms with van der Waals surface area (Å²) in [5.41, 5.74) is 1.86. The number of aldehydes is 1. The van der Waals surface area contributed by atoms with Gasteiger partial charge in [-0.1, -0.05) is 24.3 Å². The second kappa shape index (κ2) is 8.64. The lowest BCUT2D eigenvalue weighted by Gasteiger charge is -2.24. The number of nitrogens with zero attached hydrogens (tertiary/aromatic N) is 1. The van der Waals surface area contributed by atoms with E-state index in [0.717, 1.165) is 11.8 Å². The zero-order valence-corrected chi connectivity index (χ0v) is 14.7. The predicted octanol–water partition coefficient (Wildman–Crippen LogP) is 2.60. The Morgan fingerprint density at radius 1 is 1.21 bits per heavy atom. The predicted molar refractivity (Wildman–Crippen MR) is 99.4 cm³/mol. The van der Waals surface area contributed by atoms with E-state index >= 15 is 0 Å². The van der Waals surface area contributed by atoms with Crippen LogP contribution >= 0.6 is 0 Å². The lowest BCUT2D eigenvalue weighted by molar-refractivity contribution is -0.118. The Kier molecular flexibility index (Phi) is 5.82. The van der Waals surface area contributed by atoms with Crippen LogP contribution in [0.3, 0.4) is 0 Å². The molecule has 0 fully saturated rings. The van der Waals surface area contributed by atoms with Gasteiger partial charge in [-0.3, -0.25) is 9.59 Å². The molecule has 2 N–H and O–H groups in total. The summed E-state index contributed by atoms with van der Waals surface area (Å²) in [5.74, 6) is -0.444. The number of benzene rings is 2. The van der Waals surface area contributed by atoms with Gasteiger partial charge in [0.25, 0.3) is 5.91 Å². The summed E-state index contributed by atoms with van der Waals surface area (Å²) in [6.07, 6.45) is 2.80. The minimum Gasteiger partial charge on any atom is -0.466 e. The van der Waals surface area contributed by atoms with Gasteiger partial charge in [-0.15, -0.1) is 0 Å². The molecule has 140 valence electrons. The maximum Gasteiger partial charge on any atom is 0.253 e. The van der Waals surface area contributed by atoms with Crippen molar-refractivity contribution in [1.82, 2.24) is 10.6 Å². The first-order chi connectivity index (χ1) is 13.6. The van der Waals surface area contributed by atoms with Gasteiger partial charge in [0.2, 0.25) is 6.23 Å². The standard InChI is InChI=1S/C21H16FN3O3/c22-17-5-7-18(8-6-17)28-21-19(9-16(10-23)12-25-21)20(27)24-11-14-1-3-15(13-26)4-2-14/h1-9,12-13,21,25H,11H2,(H,24,27). The van der Waals surface area contributed by atoms with Crippen molar-refractivity contribution in [3.05, 3.63) is 88.9 Å². The van der Waals surface area contributed by atoms with E-state index < -0.39 is 18.0 Å². The van der Waals surface area contributed by atoms with Crippen LogP contribution in [0.25, 0.3) is 0 Å². The summed E-state index contributed by atoms with van der Waals surface area (Å²) in [4.78, 5) is 23.4. The molecule has 1 heterocycles. The van der Waals surface area contributed by atoms with E-state index in [2.05, 4.69) is 10.6 Å². The summed E-state index contributed by atoms with van der Waals surface area (Å²) in [7, 11) is 0. The molecule has 1 atom stereocenters. The van der Waals surface area contributed by atoms with Gasteiger partial charge in [0, 0.05) is 18.3 Å². The number of nitriles is 1. The number of carbonyl (C=O) groups is 2. The van der Waals surface area contributed by atoms with Crippen LogP contribution in [0.4, 0.5) is 4.39 Å². The average Bonchev–Trinajstić information content (AvgIpc) is 2.74. The van der Waals surface area contributed by atoms with Crippen molar-refractivity contribution in [2.24, 2.45) is 0 Å². The van der Waals surface area contributed by atoms with E-state index in [1.165, 1.54) is 36.5 Å². The Balaban J connectivity index is 1.71. The molecule has 1 amide bonds. The van der Waals surface area contributed by atoms with E-state index in [4.69, 9.17) is 10.00 Å². The van der Waals surface area contributed by atoms with Crippen LogP contribution in [0.2, 0.25) is 0 Å². The SMILES string of the molecule is N#CC1=CNC(Oc2ccc(F)cc2)C(C(=O)NCc2ccc(C=O)cc2)=C1. The summed E-state index contributed by atoms with van der Waals surface area (Å²) in [6.45, 7) is 0.240. The van der Waals surface area contributed by atoms with Crippen LogP contribution in [0.1, 0.15) is 15.9 Å². The van der Waals surface area contributed by atoms with Crippen molar-refractivity contribution in [2.75, 3.05) is 0 Å². The highest BCUT2D eigenvalue weighted by Gasteiger charge is 2.25. The van der Waals surface area contributed by atoms with Crippen molar-refractivity contribution >= 4 is 12.2 Å². The van der Waals surface area contributed by atoms with Crippen LogP contribution in [0, 0.1) is 17.1 Å². The third-order valence-corrected chi connectivity index (χ3v) is 4.01. The molecule has 0 saturated heterocycles. The van der Waals surface area contributed by atoms with E-state index in [-0.39, 0.29) is 17.7 Å². The molecule has 2 aromatic rings. The molecule has 0 aromatic heterocycles. The Hall–Kier alpha value is -3.92. The zero-order valence-electron chi connectivity index (χ0n) is 14.7. The third kappa shape index (κ3) is 4.62. The molecule has 0 saturated carbocycles. The molecule has 3 rings (SSSR count). The number of rotatable bonds is 6. The maximum absolute atomic E-state index is 13.1. The fourth-order valence-electron chi connectivity index (χ4n) is 2.53. The topological polar surface area (TPSA) is 91.2 Å². The molecule has 1 aliphatic rings. The van der Waals surface area contributed by atoms with Gasteiger partial charge in [0.1, 0.15) is 23.9 Å². The molecule has 1 aliphatic heterocycles. The Morgan fingerprint density at radius 2 is 1.93 bits per heavy atom. The number of carbonyl (C=O) groups excluding carboxylic acids is 2. The van der Waals surface area contributed by atoms with Crippen LogP contribution in [-0.2, 0) is 11.3 Å².